The van der Waals surface area contributed by atoms with Gasteiger partial charge in [-0.15, -0.1) is 0 Å². The molecule has 1 heterocycles. The number of halogens is 3. The van der Waals surface area contributed by atoms with Crippen LogP contribution in [0.5, 0.6) is 0 Å². The average molecular weight is 274 g/mol. The second-order valence-corrected chi connectivity index (χ2v) is 4.62. The largest absolute Gasteiger partial charge is 0.416 e. The van der Waals surface area contributed by atoms with Gasteiger partial charge in [0.15, 0.2) is 0 Å². The fourth-order valence-electron chi connectivity index (χ4n) is 2.20. The Labute approximate surface area is 110 Å². The minimum absolute atomic E-state index is 0.107. The number of morpholine rings is 1. The first kappa shape index (κ1) is 14.0. The average Bonchev–Trinajstić information content (AvgIpc) is 2.37. The van der Waals surface area contributed by atoms with Gasteiger partial charge in [0.05, 0.1) is 29.6 Å². The molecule has 0 saturated carbocycles. The van der Waals surface area contributed by atoms with Gasteiger partial charge in [0.25, 0.3) is 0 Å². The number of nitrogen functional groups attached to an aromatic ring is 1. The van der Waals surface area contributed by atoms with Gasteiger partial charge in [-0.25, -0.2) is 0 Å². The van der Waals surface area contributed by atoms with E-state index in [4.69, 9.17) is 10.5 Å². The van der Waals surface area contributed by atoms with Crippen LogP contribution in [0.15, 0.2) is 18.2 Å². The van der Waals surface area contributed by atoms with Gasteiger partial charge in [0, 0.05) is 13.1 Å². The smallest absolute Gasteiger partial charge is 0.397 e. The maximum atomic E-state index is 12.6. The molecule has 1 saturated heterocycles. The lowest BCUT2D eigenvalue weighted by Crippen LogP contribution is -2.42. The zero-order chi connectivity index (χ0) is 14.0. The van der Waals surface area contributed by atoms with Crippen LogP contribution in [0.3, 0.4) is 0 Å². The number of nitrogens with zero attached hydrogens (tertiary/aromatic N) is 1. The molecule has 19 heavy (non-hydrogen) atoms. The molecule has 1 aliphatic heterocycles. The summed E-state index contributed by atoms with van der Waals surface area (Å²) in [4.78, 5) is 1.98. The maximum Gasteiger partial charge on any atom is 0.416 e. The highest BCUT2D eigenvalue weighted by Gasteiger charge is 2.31. The van der Waals surface area contributed by atoms with E-state index < -0.39 is 11.7 Å². The fourth-order valence-corrected chi connectivity index (χ4v) is 2.20. The zero-order valence-electron chi connectivity index (χ0n) is 10.7. The number of hydrogen-bond donors (Lipinski definition) is 1. The predicted octanol–water partition coefficient (Wildman–Crippen LogP) is 2.90. The lowest BCUT2D eigenvalue weighted by Gasteiger charge is -2.35. The number of ether oxygens (including phenoxy) is 1. The molecule has 106 valence electrons. The van der Waals surface area contributed by atoms with E-state index in [2.05, 4.69) is 0 Å². The van der Waals surface area contributed by atoms with Crippen molar-refractivity contribution in [2.75, 3.05) is 30.3 Å². The highest BCUT2D eigenvalue weighted by Crippen LogP contribution is 2.34. The van der Waals surface area contributed by atoms with E-state index in [-0.39, 0.29) is 11.8 Å². The van der Waals surface area contributed by atoms with Crippen molar-refractivity contribution in [2.45, 2.75) is 25.6 Å². The van der Waals surface area contributed by atoms with Crippen molar-refractivity contribution in [1.82, 2.24) is 0 Å². The molecule has 1 unspecified atom stereocenters. The van der Waals surface area contributed by atoms with Gasteiger partial charge < -0.3 is 15.4 Å². The summed E-state index contributed by atoms with van der Waals surface area (Å²) in [5.74, 6) is 0. The number of nitrogens with two attached hydrogens (primary N) is 1. The van der Waals surface area contributed by atoms with Gasteiger partial charge in [-0.3, -0.25) is 0 Å². The van der Waals surface area contributed by atoms with Gasteiger partial charge in [-0.05, 0) is 24.6 Å². The second kappa shape index (κ2) is 5.28. The summed E-state index contributed by atoms with van der Waals surface area (Å²) in [6, 6.07) is 3.50. The quantitative estimate of drug-likeness (QED) is 0.843. The van der Waals surface area contributed by atoms with Crippen LogP contribution < -0.4 is 10.6 Å². The molecule has 0 aliphatic carbocycles. The first-order chi connectivity index (χ1) is 8.91. The van der Waals surface area contributed by atoms with Crippen LogP contribution in [-0.4, -0.2) is 25.8 Å². The molecule has 2 rings (SSSR count). The summed E-state index contributed by atoms with van der Waals surface area (Å²) < 4.78 is 43.2. The number of anilines is 2. The zero-order valence-corrected chi connectivity index (χ0v) is 10.7. The summed E-state index contributed by atoms with van der Waals surface area (Å²) in [5, 5.41) is 0. The van der Waals surface area contributed by atoms with Crippen LogP contribution in [0.25, 0.3) is 0 Å². The third kappa shape index (κ3) is 3.12. The third-order valence-electron chi connectivity index (χ3n) is 3.29. The number of rotatable bonds is 2. The Hall–Kier alpha value is -1.43. The molecule has 0 bridgehead atoms. The SMILES string of the molecule is CCC1CN(c2ccc(C(F)(F)F)cc2N)CCO1. The van der Waals surface area contributed by atoms with E-state index in [1.165, 1.54) is 6.07 Å². The predicted molar refractivity (Wildman–Crippen MR) is 68.1 cm³/mol. The molecule has 6 heteroatoms. The summed E-state index contributed by atoms with van der Waals surface area (Å²) in [6.07, 6.45) is -3.38. The van der Waals surface area contributed by atoms with E-state index in [0.29, 0.717) is 25.4 Å². The van der Waals surface area contributed by atoms with Crippen LogP contribution in [-0.2, 0) is 10.9 Å². The third-order valence-corrected chi connectivity index (χ3v) is 3.29. The summed E-state index contributed by atoms with van der Waals surface area (Å²) in [6.45, 7) is 3.89. The summed E-state index contributed by atoms with van der Waals surface area (Å²) in [5.41, 5.74) is 5.85. The van der Waals surface area contributed by atoms with Gasteiger partial charge in [0.1, 0.15) is 0 Å². The molecule has 1 aliphatic rings. The molecule has 0 aromatic heterocycles. The fraction of sp³-hybridized carbons (Fsp3) is 0.538. The molecule has 2 N–H and O–H groups in total. The highest BCUT2D eigenvalue weighted by molar-refractivity contribution is 5.69. The summed E-state index contributed by atoms with van der Waals surface area (Å²) >= 11 is 0. The van der Waals surface area contributed by atoms with Crippen molar-refractivity contribution in [1.29, 1.82) is 0 Å². The summed E-state index contributed by atoms with van der Waals surface area (Å²) in [7, 11) is 0. The molecule has 0 radical (unpaired) electrons. The van der Waals surface area contributed by atoms with Gasteiger partial charge in [-0.1, -0.05) is 6.92 Å². The Morgan fingerprint density at radius 3 is 2.74 bits per heavy atom. The monoisotopic (exact) mass is 274 g/mol. The topological polar surface area (TPSA) is 38.5 Å². The Kier molecular flexibility index (Phi) is 3.89. The van der Waals surface area contributed by atoms with E-state index in [1.54, 1.807) is 0 Å². The van der Waals surface area contributed by atoms with Crippen molar-refractivity contribution in [3.8, 4) is 0 Å². The normalized spacial score (nSPS) is 20.6. The number of alkyl halides is 3. The van der Waals surface area contributed by atoms with Crippen LogP contribution in [0.2, 0.25) is 0 Å². The van der Waals surface area contributed by atoms with Crippen molar-refractivity contribution < 1.29 is 17.9 Å². The van der Waals surface area contributed by atoms with Crippen molar-refractivity contribution >= 4 is 11.4 Å². The number of hydrogen-bond acceptors (Lipinski definition) is 3. The molecule has 0 amide bonds. The lowest BCUT2D eigenvalue weighted by molar-refractivity contribution is -0.137. The second-order valence-electron chi connectivity index (χ2n) is 4.62. The lowest BCUT2D eigenvalue weighted by atomic mass is 10.1. The molecule has 1 fully saturated rings. The van der Waals surface area contributed by atoms with Crippen molar-refractivity contribution in [3.63, 3.8) is 0 Å². The van der Waals surface area contributed by atoms with E-state index in [1.807, 2.05) is 11.8 Å². The first-order valence-corrected chi connectivity index (χ1v) is 6.25. The molecular formula is C13H17F3N2O. The van der Waals surface area contributed by atoms with Gasteiger partial charge in [0.2, 0.25) is 0 Å². The van der Waals surface area contributed by atoms with Crippen molar-refractivity contribution in [3.05, 3.63) is 23.8 Å². The highest BCUT2D eigenvalue weighted by atomic mass is 19.4. The van der Waals surface area contributed by atoms with Crippen LogP contribution in [0, 0.1) is 0 Å². The van der Waals surface area contributed by atoms with E-state index in [0.717, 1.165) is 18.6 Å². The molecule has 0 spiro atoms. The molecule has 1 aromatic carbocycles. The Balaban J connectivity index is 2.21. The Bertz CT molecular complexity index is 448. The maximum absolute atomic E-state index is 12.6. The standard InChI is InChI=1S/C13H17F3N2O/c1-2-10-8-18(5-6-19-10)12-4-3-9(7-11(12)17)13(14,15)16/h3-4,7,10H,2,5-6,8,17H2,1H3. The molecule has 1 atom stereocenters. The molecule has 3 nitrogen and oxygen atoms in total. The van der Waals surface area contributed by atoms with E-state index in [9.17, 15) is 13.2 Å². The Morgan fingerprint density at radius 1 is 1.42 bits per heavy atom. The first-order valence-electron chi connectivity index (χ1n) is 6.25. The minimum atomic E-state index is -4.36. The van der Waals surface area contributed by atoms with Crippen molar-refractivity contribution in [2.24, 2.45) is 0 Å². The van der Waals surface area contributed by atoms with Crippen LogP contribution in [0.4, 0.5) is 24.5 Å². The van der Waals surface area contributed by atoms with Crippen LogP contribution in [0.1, 0.15) is 18.9 Å². The number of benzene rings is 1. The van der Waals surface area contributed by atoms with Gasteiger partial charge in [-0.2, -0.15) is 13.2 Å². The van der Waals surface area contributed by atoms with Gasteiger partial charge >= 0.3 is 6.18 Å². The van der Waals surface area contributed by atoms with E-state index >= 15 is 0 Å². The molecular weight excluding hydrogens is 257 g/mol. The minimum Gasteiger partial charge on any atom is -0.397 e. The molecule has 1 aromatic rings. The van der Waals surface area contributed by atoms with Crippen LogP contribution >= 0.6 is 0 Å². The Morgan fingerprint density at radius 2 is 2.16 bits per heavy atom.